The topological polar surface area (TPSA) is 62.0 Å². The van der Waals surface area contributed by atoms with Crippen molar-refractivity contribution in [2.75, 3.05) is 26.4 Å². The highest BCUT2D eigenvalue weighted by Crippen LogP contribution is 2.34. The van der Waals surface area contributed by atoms with E-state index in [2.05, 4.69) is 72.8 Å². The second-order valence-corrected chi connectivity index (χ2v) is 11.1. The van der Waals surface area contributed by atoms with Crippen molar-refractivity contribution >= 4 is 21.5 Å². The van der Waals surface area contributed by atoms with Crippen LogP contribution >= 0.6 is 0 Å². The molecule has 0 radical (unpaired) electrons. The Kier molecular flexibility index (Phi) is 6.43. The van der Waals surface area contributed by atoms with Gasteiger partial charge in [0.2, 0.25) is 0 Å². The molecule has 6 heteroatoms. The predicted molar refractivity (Wildman–Crippen MR) is 161 cm³/mol. The maximum Gasteiger partial charge on any atom is 0.128 e. The third kappa shape index (κ3) is 5.77. The summed E-state index contributed by atoms with van der Waals surface area (Å²) in [6, 6.07) is 24.5. The molecular formula is C36H30O6. The lowest BCUT2D eigenvalue weighted by molar-refractivity contribution is 0.263. The van der Waals surface area contributed by atoms with E-state index in [0.29, 0.717) is 19.1 Å². The first-order chi connectivity index (χ1) is 20.7. The molecule has 2 aliphatic carbocycles. The fraction of sp³-hybridized carbons (Fsp3) is 0.222. The Hall–Kier alpha value is -4.52. The molecular weight excluding hydrogens is 528 g/mol. The number of allylic oxidation sites excluding steroid dienone is 6. The molecule has 4 aromatic rings. The minimum absolute atomic E-state index is 0.229. The van der Waals surface area contributed by atoms with Crippen LogP contribution in [-0.2, 0) is 9.47 Å². The van der Waals surface area contributed by atoms with Gasteiger partial charge in [-0.2, -0.15) is 0 Å². The van der Waals surface area contributed by atoms with E-state index < -0.39 is 0 Å². The predicted octanol–water partition coefficient (Wildman–Crippen LogP) is 7.29. The lowest BCUT2D eigenvalue weighted by Gasteiger charge is -2.23. The van der Waals surface area contributed by atoms with Gasteiger partial charge < -0.3 is 28.4 Å². The lowest BCUT2D eigenvalue weighted by atomic mass is 9.87. The Morgan fingerprint density at radius 2 is 1.12 bits per heavy atom. The SMILES string of the molecule is C1=CC2CC=C(Oc3ccc4ccc(OCC5CO5)cc4c3)C=C2C=C1Oc1ccc2ccc(OCC3CO3)cc2c1. The summed E-state index contributed by atoms with van der Waals surface area (Å²) in [7, 11) is 0. The monoisotopic (exact) mass is 558 g/mol. The third-order valence-corrected chi connectivity index (χ3v) is 7.83. The van der Waals surface area contributed by atoms with E-state index in [1.165, 1.54) is 5.57 Å². The minimum Gasteiger partial charge on any atom is -0.491 e. The van der Waals surface area contributed by atoms with Gasteiger partial charge in [0, 0.05) is 5.92 Å². The standard InChI is InChI=1S/C36H30O6/c1-7-29(37-19-35-21-39-35)13-26-15-31(9-3-23(1)26)41-33-11-5-25-6-12-34(18-28(25)17-33)42-32-10-4-24-2-8-30(14-27(24)16-32)38-20-36-22-40-36/h1-5,7-18,25,35-36H,6,19-22H2. The van der Waals surface area contributed by atoms with Gasteiger partial charge in [-0.25, -0.2) is 0 Å². The van der Waals surface area contributed by atoms with Crippen molar-refractivity contribution in [3.8, 4) is 23.0 Å². The molecule has 4 aromatic carbocycles. The summed E-state index contributed by atoms with van der Waals surface area (Å²) in [5.74, 6) is 5.20. The van der Waals surface area contributed by atoms with E-state index in [4.69, 9.17) is 28.4 Å². The molecule has 3 unspecified atom stereocenters. The first-order valence-electron chi connectivity index (χ1n) is 14.4. The maximum absolute atomic E-state index is 6.32. The molecule has 4 aliphatic rings. The van der Waals surface area contributed by atoms with Crippen LogP contribution in [0.1, 0.15) is 6.42 Å². The summed E-state index contributed by atoms with van der Waals surface area (Å²) in [5, 5.41) is 4.42. The summed E-state index contributed by atoms with van der Waals surface area (Å²) >= 11 is 0. The Morgan fingerprint density at radius 1 is 0.595 bits per heavy atom. The van der Waals surface area contributed by atoms with Crippen LogP contribution in [0.25, 0.3) is 21.5 Å². The number of hydrogen-bond donors (Lipinski definition) is 0. The van der Waals surface area contributed by atoms with Crippen LogP contribution in [0, 0.1) is 5.92 Å². The van der Waals surface area contributed by atoms with Crippen molar-refractivity contribution in [1.82, 2.24) is 0 Å². The highest BCUT2D eigenvalue weighted by atomic mass is 16.6. The molecule has 0 amide bonds. The molecule has 8 rings (SSSR count). The molecule has 3 atom stereocenters. The molecule has 2 saturated heterocycles. The van der Waals surface area contributed by atoms with Gasteiger partial charge in [-0.3, -0.25) is 0 Å². The smallest absolute Gasteiger partial charge is 0.128 e. The molecule has 0 aromatic heterocycles. The van der Waals surface area contributed by atoms with E-state index in [0.717, 1.165) is 75.7 Å². The molecule has 2 aliphatic heterocycles. The number of epoxide rings is 2. The van der Waals surface area contributed by atoms with Gasteiger partial charge in [-0.05, 0) is 106 Å². The van der Waals surface area contributed by atoms with Gasteiger partial charge in [0.25, 0.3) is 0 Å². The van der Waals surface area contributed by atoms with E-state index in [1.807, 2.05) is 30.3 Å². The first-order valence-corrected chi connectivity index (χ1v) is 14.4. The van der Waals surface area contributed by atoms with Crippen LogP contribution in [0.4, 0.5) is 0 Å². The second-order valence-electron chi connectivity index (χ2n) is 11.1. The van der Waals surface area contributed by atoms with Gasteiger partial charge in [0.15, 0.2) is 0 Å². The zero-order valence-electron chi connectivity index (χ0n) is 23.0. The molecule has 210 valence electrons. The Labute approximate surface area is 244 Å². The quantitative estimate of drug-likeness (QED) is 0.191. The summed E-state index contributed by atoms with van der Waals surface area (Å²) in [4.78, 5) is 0. The van der Waals surface area contributed by atoms with Gasteiger partial charge in [-0.1, -0.05) is 30.3 Å². The van der Waals surface area contributed by atoms with Crippen LogP contribution in [-0.4, -0.2) is 38.6 Å². The number of hydrogen-bond acceptors (Lipinski definition) is 6. The van der Waals surface area contributed by atoms with Crippen LogP contribution < -0.4 is 18.9 Å². The molecule has 0 N–H and O–H groups in total. The molecule has 0 saturated carbocycles. The first kappa shape index (κ1) is 25.2. The van der Waals surface area contributed by atoms with Crippen molar-refractivity contribution < 1.29 is 28.4 Å². The zero-order valence-corrected chi connectivity index (χ0v) is 23.0. The Bertz CT molecular complexity index is 1790. The van der Waals surface area contributed by atoms with Crippen molar-refractivity contribution in [3.05, 3.63) is 120 Å². The van der Waals surface area contributed by atoms with Crippen molar-refractivity contribution in [2.24, 2.45) is 5.92 Å². The number of rotatable bonds is 10. The van der Waals surface area contributed by atoms with Crippen LogP contribution in [0.5, 0.6) is 23.0 Å². The fourth-order valence-corrected chi connectivity index (χ4v) is 5.30. The van der Waals surface area contributed by atoms with E-state index >= 15 is 0 Å². The van der Waals surface area contributed by atoms with Crippen molar-refractivity contribution in [2.45, 2.75) is 18.6 Å². The average molecular weight is 559 g/mol. The maximum atomic E-state index is 6.32. The summed E-state index contributed by atoms with van der Waals surface area (Å²) in [5.41, 5.74) is 1.17. The summed E-state index contributed by atoms with van der Waals surface area (Å²) < 4.78 is 34.9. The van der Waals surface area contributed by atoms with Crippen LogP contribution in [0.15, 0.2) is 120 Å². The second kappa shape index (κ2) is 10.7. The number of benzene rings is 4. The van der Waals surface area contributed by atoms with E-state index in [9.17, 15) is 0 Å². The van der Waals surface area contributed by atoms with Gasteiger partial charge in [-0.15, -0.1) is 0 Å². The van der Waals surface area contributed by atoms with Crippen LogP contribution in [0.3, 0.4) is 0 Å². The highest BCUT2D eigenvalue weighted by Gasteiger charge is 2.24. The normalized spacial score (nSPS) is 22.1. The highest BCUT2D eigenvalue weighted by molar-refractivity contribution is 5.86. The minimum atomic E-state index is 0.229. The Morgan fingerprint density at radius 3 is 1.69 bits per heavy atom. The van der Waals surface area contributed by atoms with Crippen LogP contribution in [0.2, 0.25) is 0 Å². The molecule has 0 bridgehead atoms. The van der Waals surface area contributed by atoms with E-state index in [-0.39, 0.29) is 12.2 Å². The average Bonchev–Trinajstić information content (AvgIpc) is 3.94. The van der Waals surface area contributed by atoms with Gasteiger partial charge >= 0.3 is 0 Å². The molecule has 42 heavy (non-hydrogen) atoms. The third-order valence-electron chi connectivity index (χ3n) is 7.83. The number of ether oxygens (including phenoxy) is 6. The van der Waals surface area contributed by atoms with Crippen molar-refractivity contribution in [1.29, 1.82) is 0 Å². The molecule has 0 spiro atoms. The van der Waals surface area contributed by atoms with Gasteiger partial charge in [0.05, 0.1) is 13.2 Å². The Balaban J connectivity index is 0.963. The van der Waals surface area contributed by atoms with E-state index in [1.54, 1.807) is 0 Å². The largest absolute Gasteiger partial charge is 0.491 e. The molecule has 6 nitrogen and oxygen atoms in total. The number of fused-ring (bicyclic) bond motifs is 3. The van der Waals surface area contributed by atoms with Gasteiger partial charge in [0.1, 0.15) is 59.9 Å². The molecule has 2 heterocycles. The molecule has 2 fully saturated rings. The lowest BCUT2D eigenvalue weighted by Crippen LogP contribution is -2.11. The van der Waals surface area contributed by atoms with Crippen molar-refractivity contribution in [3.63, 3.8) is 0 Å². The summed E-state index contributed by atoms with van der Waals surface area (Å²) in [6.45, 7) is 2.74. The summed E-state index contributed by atoms with van der Waals surface area (Å²) in [6.07, 6.45) is 11.9. The zero-order chi connectivity index (χ0) is 27.9. The fourth-order valence-electron chi connectivity index (χ4n) is 5.30.